The van der Waals surface area contributed by atoms with Gasteiger partial charge >= 0.3 is 6.18 Å². The van der Waals surface area contributed by atoms with Gasteiger partial charge in [0.25, 0.3) is 0 Å². The van der Waals surface area contributed by atoms with Crippen LogP contribution in [0, 0.1) is 5.92 Å². The molecule has 0 amide bonds. The van der Waals surface area contributed by atoms with Crippen LogP contribution >= 0.6 is 0 Å². The van der Waals surface area contributed by atoms with Gasteiger partial charge in [-0.05, 0) is 30.0 Å². The Morgan fingerprint density at radius 2 is 1.20 bits per heavy atom. The number of rotatable bonds is 13. The second-order valence-corrected chi connectivity index (χ2v) is 7.32. The predicted molar refractivity (Wildman–Crippen MR) is 101 cm³/mol. The van der Waals surface area contributed by atoms with E-state index in [1.807, 2.05) is 0 Å². The molecule has 1 aromatic rings. The van der Waals surface area contributed by atoms with E-state index >= 15 is 0 Å². The largest absolute Gasteiger partial charge is 0.416 e. The predicted octanol–water partition coefficient (Wildman–Crippen LogP) is 8.20. The first-order chi connectivity index (χ1) is 12.0. The molecule has 0 heterocycles. The van der Waals surface area contributed by atoms with Gasteiger partial charge in [0.05, 0.1) is 5.56 Å². The molecule has 3 heteroatoms. The molecule has 0 bridgehead atoms. The highest BCUT2D eigenvalue weighted by Crippen LogP contribution is 2.30. The lowest BCUT2D eigenvalue weighted by Crippen LogP contribution is -2.07. The number of unbranched alkanes of at least 4 members (excludes halogenated alkanes) is 7. The standard InChI is InChI=1S/C22H35F3/c1-3-5-7-9-11-13-19(12-10-8-6-4-2)18-20-14-16-21(17-15-20)22(23,24)25/h14-17,19H,3-13,18H2,1-2H3/t19-/m1/s1. The van der Waals surface area contributed by atoms with E-state index in [0.29, 0.717) is 5.92 Å². The summed E-state index contributed by atoms with van der Waals surface area (Å²) < 4.78 is 38.1. The molecular weight excluding hydrogens is 321 g/mol. The minimum absolute atomic E-state index is 0.546. The number of benzene rings is 1. The maximum Gasteiger partial charge on any atom is 0.416 e. The van der Waals surface area contributed by atoms with E-state index < -0.39 is 11.7 Å². The van der Waals surface area contributed by atoms with Crippen molar-refractivity contribution in [1.82, 2.24) is 0 Å². The van der Waals surface area contributed by atoms with Gasteiger partial charge in [-0.25, -0.2) is 0 Å². The molecule has 0 N–H and O–H groups in total. The molecule has 1 aromatic carbocycles. The molecule has 0 unspecified atom stereocenters. The van der Waals surface area contributed by atoms with Crippen molar-refractivity contribution in [2.75, 3.05) is 0 Å². The quantitative estimate of drug-likeness (QED) is 0.312. The molecule has 0 spiro atoms. The smallest absolute Gasteiger partial charge is 0.166 e. The summed E-state index contributed by atoms with van der Waals surface area (Å²) in [5, 5.41) is 0. The van der Waals surface area contributed by atoms with Gasteiger partial charge in [-0.1, -0.05) is 96.6 Å². The Hall–Kier alpha value is -0.990. The van der Waals surface area contributed by atoms with Crippen molar-refractivity contribution in [2.24, 2.45) is 5.92 Å². The third-order valence-electron chi connectivity index (χ3n) is 4.99. The van der Waals surface area contributed by atoms with Crippen LogP contribution in [0.1, 0.15) is 95.6 Å². The molecule has 25 heavy (non-hydrogen) atoms. The van der Waals surface area contributed by atoms with Crippen LogP contribution < -0.4 is 0 Å². The van der Waals surface area contributed by atoms with Gasteiger partial charge in [-0.15, -0.1) is 0 Å². The molecule has 0 saturated carbocycles. The molecule has 1 rings (SSSR count). The lowest BCUT2D eigenvalue weighted by atomic mass is 9.88. The van der Waals surface area contributed by atoms with Crippen LogP contribution in [0.4, 0.5) is 13.2 Å². The molecule has 0 fully saturated rings. The second-order valence-electron chi connectivity index (χ2n) is 7.32. The first kappa shape index (κ1) is 22.1. The molecule has 0 nitrogen and oxygen atoms in total. The molecule has 144 valence electrons. The van der Waals surface area contributed by atoms with E-state index in [4.69, 9.17) is 0 Å². The van der Waals surface area contributed by atoms with Gasteiger partial charge < -0.3 is 0 Å². The molecule has 0 radical (unpaired) electrons. The minimum Gasteiger partial charge on any atom is -0.166 e. The summed E-state index contributed by atoms with van der Waals surface area (Å²) in [7, 11) is 0. The SMILES string of the molecule is CCCCCCC[C@@H](CCCCCC)Cc1ccc(C(F)(F)F)cc1. The molecule has 1 atom stereocenters. The van der Waals surface area contributed by atoms with E-state index in [2.05, 4.69) is 13.8 Å². The Balaban J connectivity index is 2.52. The van der Waals surface area contributed by atoms with E-state index in [1.54, 1.807) is 12.1 Å². The van der Waals surface area contributed by atoms with Gasteiger partial charge in [-0.2, -0.15) is 13.2 Å². The van der Waals surface area contributed by atoms with E-state index in [-0.39, 0.29) is 0 Å². The van der Waals surface area contributed by atoms with Crippen LogP contribution in [-0.4, -0.2) is 0 Å². The number of halogens is 3. The third-order valence-corrected chi connectivity index (χ3v) is 4.99. The number of alkyl halides is 3. The Kier molecular flexibility index (Phi) is 10.9. The zero-order valence-electron chi connectivity index (χ0n) is 16.0. The zero-order valence-corrected chi connectivity index (χ0v) is 16.0. The summed E-state index contributed by atoms with van der Waals surface area (Å²) >= 11 is 0. The van der Waals surface area contributed by atoms with Crippen molar-refractivity contribution < 1.29 is 13.2 Å². The van der Waals surface area contributed by atoms with Crippen molar-refractivity contribution in [3.8, 4) is 0 Å². The lowest BCUT2D eigenvalue weighted by molar-refractivity contribution is -0.137. The maximum absolute atomic E-state index is 12.7. The Bertz CT molecular complexity index is 434. The lowest BCUT2D eigenvalue weighted by Gasteiger charge is -2.18. The van der Waals surface area contributed by atoms with Crippen LogP contribution in [0.2, 0.25) is 0 Å². The Morgan fingerprint density at radius 1 is 0.720 bits per heavy atom. The fourth-order valence-corrected chi connectivity index (χ4v) is 3.41. The summed E-state index contributed by atoms with van der Waals surface area (Å²) in [6, 6.07) is 5.79. The topological polar surface area (TPSA) is 0 Å². The minimum atomic E-state index is -4.24. The average molecular weight is 357 g/mol. The molecule has 0 saturated heterocycles. The summed E-state index contributed by atoms with van der Waals surface area (Å²) in [6.07, 6.45) is 10.5. The highest BCUT2D eigenvalue weighted by Gasteiger charge is 2.29. The van der Waals surface area contributed by atoms with Crippen molar-refractivity contribution in [2.45, 2.75) is 97.1 Å². The second kappa shape index (κ2) is 12.4. The molecular formula is C22H35F3. The highest BCUT2D eigenvalue weighted by molar-refractivity contribution is 5.24. The Labute approximate surface area is 152 Å². The molecule has 0 aliphatic carbocycles. The van der Waals surface area contributed by atoms with E-state index in [9.17, 15) is 13.2 Å². The van der Waals surface area contributed by atoms with Gasteiger partial charge in [0, 0.05) is 0 Å². The first-order valence-electron chi connectivity index (χ1n) is 10.1. The summed E-state index contributed by atoms with van der Waals surface area (Å²) in [5.41, 5.74) is 0.498. The van der Waals surface area contributed by atoms with Gasteiger partial charge in [0.2, 0.25) is 0 Å². The third kappa shape index (κ3) is 9.91. The molecule has 0 aliphatic heterocycles. The van der Waals surface area contributed by atoms with Crippen LogP contribution in [0.25, 0.3) is 0 Å². The van der Waals surface area contributed by atoms with Crippen molar-refractivity contribution >= 4 is 0 Å². The fraction of sp³-hybridized carbons (Fsp3) is 0.727. The van der Waals surface area contributed by atoms with Crippen LogP contribution in [0.3, 0.4) is 0 Å². The fourth-order valence-electron chi connectivity index (χ4n) is 3.41. The van der Waals surface area contributed by atoms with Crippen LogP contribution in [-0.2, 0) is 12.6 Å². The Morgan fingerprint density at radius 3 is 1.68 bits per heavy atom. The zero-order chi connectivity index (χ0) is 18.5. The van der Waals surface area contributed by atoms with Gasteiger partial charge in [0.1, 0.15) is 0 Å². The van der Waals surface area contributed by atoms with Crippen LogP contribution in [0.5, 0.6) is 0 Å². The number of hydrogen-bond donors (Lipinski definition) is 0. The summed E-state index contributed by atoms with van der Waals surface area (Å²) in [5.74, 6) is 0.607. The monoisotopic (exact) mass is 356 g/mol. The van der Waals surface area contributed by atoms with Crippen molar-refractivity contribution in [3.63, 3.8) is 0 Å². The van der Waals surface area contributed by atoms with Gasteiger partial charge in [0.15, 0.2) is 0 Å². The summed E-state index contributed by atoms with van der Waals surface area (Å²) in [6.45, 7) is 4.44. The van der Waals surface area contributed by atoms with Gasteiger partial charge in [-0.3, -0.25) is 0 Å². The normalized spacial score (nSPS) is 13.2. The average Bonchev–Trinajstić information content (AvgIpc) is 2.58. The van der Waals surface area contributed by atoms with E-state index in [1.165, 1.54) is 82.8 Å². The van der Waals surface area contributed by atoms with E-state index in [0.717, 1.165) is 12.0 Å². The number of hydrogen-bond acceptors (Lipinski definition) is 0. The molecule has 0 aromatic heterocycles. The maximum atomic E-state index is 12.7. The van der Waals surface area contributed by atoms with Crippen LogP contribution in [0.15, 0.2) is 24.3 Å². The highest BCUT2D eigenvalue weighted by atomic mass is 19.4. The van der Waals surface area contributed by atoms with Crippen molar-refractivity contribution in [1.29, 1.82) is 0 Å². The summed E-state index contributed by atoms with van der Waals surface area (Å²) in [4.78, 5) is 0. The molecule has 0 aliphatic rings. The first-order valence-corrected chi connectivity index (χ1v) is 10.1. The van der Waals surface area contributed by atoms with Crippen molar-refractivity contribution in [3.05, 3.63) is 35.4 Å².